The first kappa shape index (κ1) is 16.0. The minimum Gasteiger partial charge on any atom is -0.491 e. The molecule has 1 aromatic rings. The second-order valence-corrected chi connectivity index (χ2v) is 5.74. The Hall–Kier alpha value is -1.37. The number of carbonyl (C=O) groups is 1. The third-order valence-electron chi connectivity index (χ3n) is 3.24. The van der Waals surface area contributed by atoms with Gasteiger partial charge in [-0.1, -0.05) is 18.2 Å². The highest BCUT2D eigenvalue weighted by Gasteiger charge is 2.30. The molecule has 1 aliphatic heterocycles. The number of para-hydroxylation sites is 1. The summed E-state index contributed by atoms with van der Waals surface area (Å²) >= 11 is 0.595. The lowest BCUT2D eigenvalue weighted by molar-refractivity contribution is -0.130. The van der Waals surface area contributed by atoms with Crippen LogP contribution in [0.2, 0.25) is 0 Å². The Bertz CT molecular complexity index is 507. The Kier molecular flexibility index (Phi) is 5.03. The maximum absolute atomic E-state index is 12.1. The van der Waals surface area contributed by atoms with Gasteiger partial charge in [0.15, 0.2) is 0 Å². The number of hydrogen-bond donors (Lipinski definition) is 0. The normalized spacial score (nSPS) is 18.7. The molecule has 0 saturated heterocycles. The van der Waals surface area contributed by atoms with Gasteiger partial charge in [0.2, 0.25) is 5.91 Å². The Morgan fingerprint density at radius 3 is 2.86 bits per heavy atom. The van der Waals surface area contributed by atoms with E-state index in [9.17, 15) is 18.0 Å². The van der Waals surface area contributed by atoms with Crippen molar-refractivity contribution in [2.45, 2.75) is 19.1 Å². The van der Waals surface area contributed by atoms with Gasteiger partial charge in [-0.25, -0.2) is 0 Å². The lowest BCUT2D eigenvalue weighted by Gasteiger charge is -2.27. The molecule has 0 N–H and O–H groups in total. The minimum atomic E-state index is -4.24. The van der Waals surface area contributed by atoms with E-state index in [2.05, 4.69) is 0 Å². The number of carbonyl (C=O) groups excluding carboxylic acids is 1. The second-order valence-electron chi connectivity index (χ2n) is 4.76. The zero-order valence-electron chi connectivity index (χ0n) is 11.5. The van der Waals surface area contributed by atoms with Crippen LogP contribution in [-0.4, -0.2) is 41.6 Å². The number of nitrogens with zero attached hydrogens (tertiary/aromatic N) is 1. The molecule has 0 spiro atoms. The molecule has 116 valence electrons. The summed E-state index contributed by atoms with van der Waals surface area (Å²) in [5, 5.41) is 0. The van der Waals surface area contributed by atoms with Crippen molar-refractivity contribution in [3.8, 4) is 5.75 Å². The van der Waals surface area contributed by atoms with Crippen molar-refractivity contribution in [2.75, 3.05) is 24.7 Å². The number of fused-ring (bicyclic) bond motifs is 1. The summed E-state index contributed by atoms with van der Waals surface area (Å²) in [6.45, 7) is 2.58. The molecule has 0 radical (unpaired) electrons. The molecule has 2 rings (SSSR count). The molecule has 1 heterocycles. The van der Waals surface area contributed by atoms with Crippen molar-refractivity contribution in [1.82, 2.24) is 4.90 Å². The van der Waals surface area contributed by atoms with E-state index in [4.69, 9.17) is 4.74 Å². The number of halogens is 3. The molecule has 3 nitrogen and oxygen atoms in total. The summed E-state index contributed by atoms with van der Waals surface area (Å²) in [7, 11) is 0. The number of benzene rings is 1. The number of ether oxygens (including phenoxy) is 1. The van der Waals surface area contributed by atoms with Crippen LogP contribution in [0.1, 0.15) is 18.5 Å². The Balaban J connectivity index is 2.01. The molecule has 1 atom stereocenters. The lowest BCUT2D eigenvalue weighted by atomic mass is 10.1. The Labute approximate surface area is 125 Å². The molecule has 1 aromatic carbocycles. The van der Waals surface area contributed by atoms with Crippen LogP contribution < -0.4 is 4.74 Å². The van der Waals surface area contributed by atoms with Gasteiger partial charge < -0.3 is 9.64 Å². The molecule has 7 heteroatoms. The first-order valence-corrected chi connectivity index (χ1v) is 7.69. The summed E-state index contributed by atoms with van der Waals surface area (Å²) in [5.74, 6) is -0.750. The molecule has 0 bridgehead atoms. The van der Waals surface area contributed by atoms with Crippen LogP contribution >= 0.6 is 11.8 Å². The minimum absolute atomic E-state index is 0.175. The quantitative estimate of drug-likeness (QED) is 0.856. The summed E-state index contributed by atoms with van der Waals surface area (Å²) in [6, 6.07) is 7.20. The monoisotopic (exact) mass is 319 g/mol. The van der Waals surface area contributed by atoms with Crippen molar-refractivity contribution in [3.63, 3.8) is 0 Å². The van der Waals surface area contributed by atoms with Crippen molar-refractivity contribution >= 4 is 17.7 Å². The van der Waals surface area contributed by atoms with Gasteiger partial charge >= 0.3 is 6.18 Å². The maximum atomic E-state index is 12.1. The van der Waals surface area contributed by atoms with Gasteiger partial charge in [-0.15, -0.1) is 11.8 Å². The first-order valence-electron chi connectivity index (χ1n) is 6.54. The zero-order chi connectivity index (χ0) is 15.5. The van der Waals surface area contributed by atoms with Gasteiger partial charge in [-0.2, -0.15) is 13.2 Å². The van der Waals surface area contributed by atoms with E-state index in [0.29, 0.717) is 24.9 Å². The Morgan fingerprint density at radius 2 is 2.14 bits per heavy atom. The number of rotatable bonds is 3. The van der Waals surface area contributed by atoms with E-state index in [1.54, 1.807) is 4.90 Å². The molecular formula is C14H16F3NO2S. The van der Waals surface area contributed by atoms with Gasteiger partial charge in [-0.3, -0.25) is 4.79 Å². The zero-order valence-corrected chi connectivity index (χ0v) is 12.3. The maximum Gasteiger partial charge on any atom is 0.397 e. The van der Waals surface area contributed by atoms with Gasteiger partial charge in [0, 0.05) is 5.56 Å². The fourth-order valence-electron chi connectivity index (χ4n) is 2.25. The summed E-state index contributed by atoms with van der Waals surface area (Å²) in [5.41, 5.74) is 0.879. The van der Waals surface area contributed by atoms with Crippen molar-refractivity contribution in [2.24, 2.45) is 0 Å². The van der Waals surface area contributed by atoms with Gasteiger partial charge in [0.1, 0.15) is 12.4 Å². The third kappa shape index (κ3) is 4.30. The van der Waals surface area contributed by atoms with Crippen LogP contribution in [0.25, 0.3) is 0 Å². The lowest BCUT2D eigenvalue weighted by Crippen LogP contribution is -2.36. The van der Waals surface area contributed by atoms with E-state index >= 15 is 0 Å². The second kappa shape index (κ2) is 6.60. The highest BCUT2D eigenvalue weighted by molar-refractivity contribution is 8.00. The standard InChI is InChI=1S/C14H16F3NO2S/c1-10-11-4-2-3-5-12(11)20-7-6-18(10)13(19)8-21-9-14(15,16)17/h2-5,10H,6-9H2,1H3. The Morgan fingerprint density at radius 1 is 1.43 bits per heavy atom. The number of alkyl halides is 3. The van der Waals surface area contributed by atoms with E-state index in [0.717, 1.165) is 11.3 Å². The average molecular weight is 319 g/mol. The molecule has 21 heavy (non-hydrogen) atoms. The smallest absolute Gasteiger partial charge is 0.397 e. The van der Waals surface area contributed by atoms with E-state index in [1.165, 1.54) is 0 Å². The van der Waals surface area contributed by atoms with Gasteiger partial charge in [0.25, 0.3) is 0 Å². The van der Waals surface area contributed by atoms with Crippen molar-refractivity contribution < 1.29 is 22.7 Å². The predicted molar refractivity (Wildman–Crippen MR) is 75.4 cm³/mol. The fraction of sp³-hybridized carbons (Fsp3) is 0.500. The molecular weight excluding hydrogens is 303 g/mol. The van der Waals surface area contributed by atoms with E-state index in [1.807, 2.05) is 31.2 Å². The van der Waals surface area contributed by atoms with Crippen LogP contribution in [0.3, 0.4) is 0 Å². The summed E-state index contributed by atoms with van der Waals surface area (Å²) in [6.07, 6.45) is -4.24. The van der Waals surface area contributed by atoms with Crippen LogP contribution in [0.5, 0.6) is 5.75 Å². The summed E-state index contributed by atoms with van der Waals surface area (Å²) < 4.78 is 41.9. The fourth-order valence-corrected chi connectivity index (χ4v) is 2.92. The topological polar surface area (TPSA) is 29.5 Å². The molecule has 1 unspecified atom stereocenters. The van der Waals surface area contributed by atoms with Crippen LogP contribution in [0.4, 0.5) is 13.2 Å². The highest BCUT2D eigenvalue weighted by atomic mass is 32.2. The van der Waals surface area contributed by atoms with Crippen LogP contribution in [-0.2, 0) is 4.79 Å². The molecule has 1 amide bonds. The molecule has 0 saturated carbocycles. The first-order chi connectivity index (χ1) is 9.88. The molecule has 0 aliphatic carbocycles. The van der Waals surface area contributed by atoms with E-state index < -0.39 is 11.9 Å². The molecule has 0 fully saturated rings. The summed E-state index contributed by atoms with van der Waals surface area (Å²) in [4.78, 5) is 13.7. The van der Waals surface area contributed by atoms with Crippen molar-refractivity contribution in [3.05, 3.63) is 29.8 Å². The van der Waals surface area contributed by atoms with Crippen LogP contribution in [0, 0.1) is 0 Å². The molecule has 0 aromatic heterocycles. The molecule has 1 aliphatic rings. The highest BCUT2D eigenvalue weighted by Crippen LogP contribution is 2.32. The van der Waals surface area contributed by atoms with Crippen molar-refractivity contribution in [1.29, 1.82) is 0 Å². The van der Waals surface area contributed by atoms with Crippen LogP contribution in [0.15, 0.2) is 24.3 Å². The number of thioether (sulfide) groups is 1. The van der Waals surface area contributed by atoms with Gasteiger partial charge in [0.05, 0.1) is 24.1 Å². The largest absolute Gasteiger partial charge is 0.491 e. The third-order valence-corrected chi connectivity index (χ3v) is 4.22. The average Bonchev–Trinajstić information content (AvgIpc) is 2.57. The predicted octanol–water partition coefficient (Wildman–Crippen LogP) is 3.26. The SMILES string of the molecule is CC1c2ccccc2OCCN1C(=O)CSCC(F)(F)F. The number of hydrogen-bond acceptors (Lipinski definition) is 3. The number of amides is 1. The van der Waals surface area contributed by atoms with Gasteiger partial charge in [-0.05, 0) is 13.0 Å². The van der Waals surface area contributed by atoms with E-state index in [-0.39, 0.29) is 17.7 Å².